The van der Waals surface area contributed by atoms with Gasteiger partial charge in [-0.3, -0.25) is 4.79 Å². The second-order valence-corrected chi connectivity index (χ2v) is 3.77. The number of hydrogen-bond acceptors (Lipinski definition) is 2. The number of fused-ring (bicyclic) bond motifs is 1. The second-order valence-electron chi connectivity index (χ2n) is 3.77. The molecule has 14 heavy (non-hydrogen) atoms. The van der Waals surface area contributed by atoms with Crippen LogP contribution in [0, 0.1) is 11.8 Å². The molecule has 0 spiro atoms. The Morgan fingerprint density at radius 3 is 2.71 bits per heavy atom. The van der Waals surface area contributed by atoms with Gasteiger partial charge in [-0.15, -0.1) is 0 Å². The number of carbonyl (C=O) groups is 1. The van der Waals surface area contributed by atoms with Crippen LogP contribution in [-0.2, 0) is 9.53 Å². The number of cyclic esters (lactones) is 1. The Labute approximate surface area is 82.2 Å². The maximum absolute atomic E-state index is 11.2. The van der Waals surface area contributed by atoms with E-state index in [1.807, 2.05) is 30.3 Å². The van der Waals surface area contributed by atoms with Crippen molar-refractivity contribution in [2.45, 2.75) is 0 Å². The number of esters is 1. The molecular formula is C12H10O2. The van der Waals surface area contributed by atoms with Crippen LogP contribution in [0.15, 0.2) is 35.9 Å². The third kappa shape index (κ3) is 1.07. The first kappa shape index (κ1) is 7.80. The largest absolute Gasteiger partial charge is 0.465 e. The van der Waals surface area contributed by atoms with E-state index in [2.05, 4.69) is 6.08 Å². The first-order chi connectivity index (χ1) is 6.86. The van der Waals surface area contributed by atoms with Crippen LogP contribution in [0.4, 0.5) is 0 Å². The van der Waals surface area contributed by atoms with Gasteiger partial charge in [0.25, 0.3) is 0 Å². The molecule has 0 aromatic heterocycles. The summed E-state index contributed by atoms with van der Waals surface area (Å²) in [5.41, 5.74) is 2.41. The molecule has 3 rings (SSSR count). The van der Waals surface area contributed by atoms with Crippen LogP contribution in [0.25, 0.3) is 6.08 Å². The van der Waals surface area contributed by atoms with Crippen LogP contribution < -0.4 is 0 Å². The van der Waals surface area contributed by atoms with Gasteiger partial charge < -0.3 is 4.74 Å². The Bertz CT molecular complexity index is 406. The summed E-state index contributed by atoms with van der Waals surface area (Å²) in [6.45, 7) is 0.585. The van der Waals surface area contributed by atoms with Gasteiger partial charge in [0.1, 0.15) is 0 Å². The van der Waals surface area contributed by atoms with E-state index in [4.69, 9.17) is 4.74 Å². The smallest absolute Gasteiger partial charge is 0.313 e. The van der Waals surface area contributed by atoms with Crippen LogP contribution in [-0.4, -0.2) is 12.6 Å². The monoisotopic (exact) mass is 186 g/mol. The van der Waals surface area contributed by atoms with Gasteiger partial charge in [0.15, 0.2) is 0 Å². The van der Waals surface area contributed by atoms with Gasteiger partial charge in [-0.1, -0.05) is 36.4 Å². The van der Waals surface area contributed by atoms with Gasteiger partial charge >= 0.3 is 5.97 Å². The van der Waals surface area contributed by atoms with Gasteiger partial charge in [-0.05, 0) is 11.1 Å². The molecule has 2 atom stereocenters. The number of carbonyl (C=O) groups excluding carboxylic acids is 1. The number of ether oxygens (including phenoxy) is 1. The fourth-order valence-electron chi connectivity index (χ4n) is 2.03. The molecule has 2 heteroatoms. The summed E-state index contributed by atoms with van der Waals surface area (Å²) in [7, 11) is 0. The van der Waals surface area contributed by atoms with Crippen molar-refractivity contribution in [2.75, 3.05) is 6.61 Å². The van der Waals surface area contributed by atoms with Gasteiger partial charge in [0.2, 0.25) is 0 Å². The van der Waals surface area contributed by atoms with E-state index in [-0.39, 0.29) is 11.9 Å². The highest BCUT2D eigenvalue weighted by Gasteiger charge is 2.55. The zero-order valence-electron chi connectivity index (χ0n) is 7.64. The van der Waals surface area contributed by atoms with Crippen molar-refractivity contribution in [3.8, 4) is 0 Å². The average molecular weight is 186 g/mol. The molecule has 1 saturated heterocycles. The van der Waals surface area contributed by atoms with Gasteiger partial charge in [0.05, 0.1) is 12.5 Å². The first-order valence-electron chi connectivity index (χ1n) is 4.79. The number of hydrogen-bond donors (Lipinski definition) is 0. The molecule has 1 aliphatic heterocycles. The molecule has 2 nitrogen and oxygen atoms in total. The summed E-state index contributed by atoms with van der Waals surface area (Å²) in [4.78, 5) is 11.2. The molecule has 0 radical (unpaired) electrons. The zero-order valence-corrected chi connectivity index (χ0v) is 7.64. The molecule has 2 aliphatic rings. The van der Waals surface area contributed by atoms with Crippen molar-refractivity contribution >= 4 is 12.0 Å². The summed E-state index contributed by atoms with van der Waals surface area (Å²) in [6.07, 6.45) is 2.11. The first-order valence-corrected chi connectivity index (χ1v) is 4.79. The minimum absolute atomic E-state index is 0.0443. The lowest BCUT2D eigenvalue weighted by Crippen LogP contribution is -1.99. The van der Waals surface area contributed by atoms with Crippen molar-refractivity contribution in [3.63, 3.8) is 0 Å². The highest BCUT2D eigenvalue weighted by molar-refractivity contribution is 5.87. The zero-order chi connectivity index (χ0) is 9.54. The van der Waals surface area contributed by atoms with Crippen molar-refractivity contribution in [1.29, 1.82) is 0 Å². The highest BCUT2D eigenvalue weighted by Crippen LogP contribution is 2.51. The third-order valence-electron chi connectivity index (χ3n) is 2.87. The Morgan fingerprint density at radius 1 is 1.29 bits per heavy atom. The van der Waals surface area contributed by atoms with Gasteiger partial charge in [-0.25, -0.2) is 0 Å². The summed E-state index contributed by atoms with van der Waals surface area (Å²) in [5, 5.41) is 0. The van der Waals surface area contributed by atoms with E-state index in [0.717, 1.165) is 0 Å². The van der Waals surface area contributed by atoms with Crippen LogP contribution >= 0.6 is 0 Å². The van der Waals surface area contributed by atoms with Crippen LogP contribution in [0.3, 0.4) is 0 Å². The number of rotatable bonds is 1. The summed E-state index contributed by atoms with van der Waals surface area (Å²) in [5.74, 6) is 0.412. The Morgan fingerprint density at radius 2 is 2.07 bits per heavy atom. The predicted octanol–water partition coefficient (Wildman–Crippen LogP) is 1.87. The van der Waals surface area contributed by atoms with Crippen molar-refractivity contribution < 1.29 is 9.53 Å². The predicted molar refractivity (Wildman–Crippen MR) is 52.4 cm³/mol. The molecule has 0 amide bonds. The Hall–Kier alpha value is -1.57. The quantitative estimate of drug-likeness (QED) is 0.626. The van der Waals surface area contributed by atoms with E-state index in [1.54, 1.807) is 0 Å². The average Bonchev–Trinajstić information content (AvgIpc) is 2.75. The van der Waals surface area contributed by atoms with E-state index in [1.165, 1.54) is 11.1 Å². The fraction of sp³-hybridized carbons (Fsp3) is 0.250. The minimum atomic E-state index is -0.0443. The molecule has 0 unspecified atom stereocenters. The van der Waals surface area contributed by atoms with E-state index >= 15 is 0 Å². The van der Waals surface area contributed by atoms with E-state index < -0.39 is 0 Å². The molecular weight excluding hydrogens is 176 g/mol. The van der Waals surface area contributed by atoms with Gasteiger partial charge in [0, 0.05) is 5.92 Å². The molecule has 1 aromatic rings. The Balaban J connectivity index is 1.87. The highest BCUT2D eigenvalue weighted by atomic mass is 16.5. The molecule has 1 heterocycles. The van der Waals surface area contributed by atoms with Crippen LogP contribution in [0.5, 0.6) is 0 Å². The Kier molecular flexibility index (Phi) is 1.51. The van der Waals surface area contributed by atoms with E-state index in [9.17, 15) is 4.79 Å². The lowest BCUT2D eigenvalue weighted by Gasteiger charge is -1.95. The molecule has 1 aromatic carbocycles. The molecule has 2 fully saturated rings. The lowest BCUT2D eigenvalue weighted by molar-refractivity contribution is -0.140. The summed E-state index contributed by atoms with van der Waals surface area (Å²) in [6, 6.07) is 10.1. The third-order valence-corrected chi connectivity index (χ3v) is 2.87. The topological polar surface area (TPSA) is 26.3 Å². The molecule has 1 aliphatic carbocycles. The fourth-order valence-corrected chi connectivity index (χ4v) is 2.03. The van der Waals surface area contributed by atoms with Crippen molar-refractivity contribution in [3.05, 3.63) is 41.5 Å². The molecule has 70 valence electrons. The second kappa shape index (κ2) is 2.71. The summed E-state index contributed by atoms with van der Waals surface area (Å²) >= 11 is 0. The van der Waals surface area contributed by atoms with E-state index in [0.29, 0.717) is 12.5 Å². The maximum atomic E-state index is 11.2. The van der Waals surface area contributed by atoms with Crippen molar-refractivity contribution in [1.82, 2.24) is 0 Å². The van der Waals surface area contributed by atoms with Crippen LogP contribution in [0.2, 0.25) is 0 Å². The van der Waals surface area contributed by atoms with Crippen LogP contribution in [0.1, 0.15) is 5.56 Å². The van der Waals surface area contributed by atoms with Gasteiger partial charge in [-0.2, -0.15) is 0 Å². The maximum Gasteiger partial charge on any atom is 0.313 e. The lowest BCUT2D eigenvalue weighted by atomic mass is 10.2. The number of benzene rings is 1. The standard InChI is InChI=1S/C12H10O2/c13-12-11-9(10(11)7-14-12)6-8-4-2-1-3-5-8/h1-6,10-11H,7H2/t10-,11+/m1/s1. The minimum Gasteiger partial charge on any atom is -0.465 e. The molecule has 0 bridgehead atoms. The SMILES string of the molecule is O=C1OC[C@@H]2C(=Cc3ccccc3)[C@H]12. The molecule has 1 saturated carbocycles. The normalized spacial score (nSPS) is 31.4. The summed E-state index contributed by atoms with van der Waals surface area (Å²) < 4.78 is 4.90. The van der Waals surface area contributed by atoms with Crippen molar-refractivity contribution in [2.24, 2.45) is 11.8 Å². The molecule has 0 N–H and O–H groups in total.